The van der Waals surface area contributed by atoms with Crippen LogP contribution < -0.4 is 14.4 Å². The molecule has 0 saturated carbocycles. The molecule has 0 bridgehead atoms. The minimum atomic E-state index is -3.40. The number of hydrogen-bond donors (Lipinski definition) is 1. The van der Waals surface area contributed by atoms with Crippen LogP contribution in [0.25, 0.3) is 22.4 Å². The van der Waals surface area contributed by atoms with Crippen LogP contribution in [-0.2, 0) is 21.4 Å². The van der Waals surface area contributed by atoms with E-state index < -0.39 is 10.0 Å². The fraction of sp³-hybridized carbons (Fsp3) is 0.286. The number of nitrogens with one attached hydrogen (secondary N) is 1. The van der Waals surface area contributed by atoms with Crippen LogP contribution in [-0.4, -0.2) is 57.0 Å². The molecule has 2 aromatic carbocycles. The number of ether oxygens (including phenoxy) is 1. The van der Waals surface area contributed by atoms with Gasteiger partial charge in [0.1, 0.15) is 5.69 Å². The van der Waals surface area contributed by atoms with Crippen molar-refractivity contribution in [3.05, 3.63) is 78.2 Å². The Hall–Kier alpha value is -3.53. The first kappa shape index (κ1) is 25.1. The van der Waals surface area contributed by atoms with Crippen LogP contribution in [0, 0.1) is 0 Å². The Morgan fingerprint density at radius 2 is 1.78 bits per heavy atom. The molecule has 37 heavy (non-hydrogen) atoms. The smallest absolute Gasteiger partial charge is 0.264 e. The predicted octanol–water partition coefficient (Wildman–Crippen LogP) is 3.80. The van der Waals surface area contributed by atoms with E-state index in [4.69, 9.17) is 9.72 Å². The topological polar surface area (TPSA) is 91.8 Å². The van der Waals surface area contributed by atoms with E-state index in [0.29, 0.717) is 11.6 Å². The summed E-state index contributed by atoms with van der Waals surface area (Å²) < 4.78 is 31.8. The molecule has 1 N–H and O–H groups in total. The van der Waals surface area contributed by atoms with E-state index in [9.17, 15) is 13.2 Å². The molecule has 0 radical (unpaired) electrons. The van der Waals surface area contributed by atoms with Gasteiger partial charge in [-0.3, -0.25) is 9.69 Å². The van der Waals surface area contributed by atoms with Gasteiger partial charge in [-0.1, -0.05) is 61.2 Å². The van der Waals surface area contributed by atoms with Gasteiger partial charge in [0, 0.05) is 49.3 Å². The molecular weight excluding hydrogens is 488 g/mol. The average molecular weight is 519 g/mol. The van der Waals surface area contributed by atoms with Crippen LogP contribution in [0.1, 0.15) is 18.4 Å². The van der Waals surface area contributed by atoms with Crippen molar-refractivity contribution in [1.29, 1.82) is 0 Å². The van der Waals surface area contributed by atoms with Gasteiger partial charge in [0.15, 0.2) is 6.61 Å². The number of anilines is 1. The van der Waals surface area contributed by atoms with Crippen LogP contribution in [0.4, 0.5) is 5.69 Å². The quantitative estimate of drug-likeness (QED) is 0.512. The molecule has 3 aromatic rings. The van der Waals surface area contributed by atoms with Crippen molar-refractivity contribution in [3.8, 4) is 28.3 Å². The summed E-state index contributed by atoms with van der Waals surface area (Å²) in [5.74, 6) is 0.350. The zero-order valence-corrected chi connectivity index (χ0v) is 21.6. The normalized spacial score (nSPS) is 16.8. The summed E-state index contributed by atoms with van der Waals surface area (Å²) in [7, 11) is -1.66. The summed E-state index contributed by atoms with van der Waals surface area (Å²) >= 11 is 0. The van der Waals surface area contributed by atoms with Crippen LogP contribution in [0.15, 0.2) is 72.7 Å². The largest absolute Gasteiger partial charge is 0.466 e. The van der Waals surface area contributed by atoms with Crippen molar-refractivity contribution in [2.24, 2.45) is 0 Å². The Balaban J connectivity index is 1.35. The second-order valence-corrected chi connectivity index (χ2v) is 11.1. The number of amides is 1. The highest BCUT2D eigenvalue weighted by atomic mass is 32.2. The van der Waals surface area contributed by atoms with E-state index in [-0.39, 0.29) is 18.6 Å². The van der Waals surface area contributed by atoms with Crippen LogP contribution in [0.3, 0.4) is 0 Å². The number of sulfonamides is 1. The average Bonchev–Trinajstić information content (AvgIpc) is 2.92. The first-order valence-electron chi connectivity index (χ1n) is 12.3. The lowest BCUT2D eigenvalue weighted by Gasteiger charge is -2.32. The molecule has 8 nitrogen and oxygen atoms in total. The maximum atomic E-state index is 12.2. The Morgan fingerprint density at radius 1 is 1.08 bits per heavy atom. The molecule has 1 amide bonds. The Morgan fingerprint density at radius 3 is 2.46 bits per heavy atom. The molecule has 5 rings (SSSR count). The van der Waals surface area contributed by atoms with Gasteiger partial charge >= 0.3 is 0 Å². The first-order valence-corrected chi connectivity index (χ1v) is 13.8. The number of fused-ring (bicyclic) bond motifs is 1. The summed E-state index contributed by atoms with van der Waals surface area (Å²) in [5, 5.41) is 0.964. The van der Waals surface area contributed by atoms with Crippen molar-refractivity contribution < 1.29 is 17.9 Å². The Labute approximate surface area is 217 Å². The van der Waals surface area contributed by atoms with E-state index in [1.807, 2.05) is 36.4 Å². The predicted molar refractivity (Wildman–Crippen MR) is 145 cm³/mol. The lowest BCUT2D eigenvalue weighted by Crippen LogP contribution is -2.43. The summed E-state index contributed by atoms with van der Waals surface area (Å²) in [6.45, 7) is 5.77. The number of carbonyl (C=O) groups excluding carboxylic acids is 1. The maximum absolute atomic E-state index is 12.2. The zero-order valence-electron chi connectivity index (χ0n) is 20.8. The minimum absolute atomic E-state index is 0.0225. The molecule has 2 aliphatic heterocycles. The molecule has 3 heterocycles. The fourth-order valence-corrected chi connectivity index (χ4v) is 5.56. The van der Waals surface area contributed by atoms with Crippen LogP contribution in [0.2, 0.25) is 0 Å². The lowest BCUT2D eigenvalue weighted by molar-refractivity contribution is -0.121. The maximum Gasteiger partial charge on any atom is 0.264 e. The summed E-state index contributed by atoms with van der Waals surface area (Å²) in [6, 6.07) is 20.3. The number of pyridine rings is 1. The number of rotatable bonds is 7. The number of carbonyl (C=O) groups is 1. The van der Waals surface area contributed by atoms with E-state index in [2.05, 4.69) is 40.5 Å². The molecule has 0 spiro atoms. The van der Waals surface area contributed by atoms with E-state index in [1.54, 1.807) is 11.9 Å². The molecule has 192 valence electrons. The fourth-order valence-electron chi connectivity index (χ4n) is 4.77. The summed E-state index contributed by atoms with van der Waals surface area (Å²) in [6.07, 6.45) is 1.53. The van der Waals surface area contributed by atoms with Crippen molar-refractivity contribution >= 4 is 21.6 Å². The SMILES string of the molecule is C=CS(=O)(=O)NC1CCN(Cc2ccc(-c3nc4c(cc3-c3ccccc3)N(C)C(=O)CO4)cc2)CC1. The number of aromatic nitrogens is 1. The number of likely N-dealkylation sites (tertiary alicyclic amines) is 1. The van der Waals surface area contributed by atoms with Crippen molar-refractivity contribution in [2.45, 2.75) is 25.4 Å². The van der Waals surface area contributed by atoms with E-state index in [0.717, 1.165) is 60.3 Å². The lowest BCUT2D eigenvalue weighted by atomic mass is 9.97. The van der Waals surface area contributed by atoms with Crippen molar-refractivity contribution in [3.63, 3.8) is 0 Å². The first-order chi connectivity index (χ1) is 17.8. The Bertz CT molecular complexity index is 1400. The van der Waals surface area contributed by atoms with Crippen LogP contribution in [0.5, 0.6) is 5.88 Å². The highest BCUT2D eigenvalue weighted by Crippen LogP contribution is 2.39. The van der Waals surface area contributed by atoms with Gasteiger partial charge < -0.3 is 9.64 Å². The monoisotopic (exact) mass is 518 g/mol. The molecule has 9 heteroatoms. The van der Waals surface area contributed by atoms with Gasteiger partial charge in [-0.2, -0.15) is 0 Å². The molecule has 1 aromatic heterocycles. The second-order valence-electron chi connectivity index (χ2n) is 9.39. The third kappa shape index (κ3) is 5.58. The van der Waals surface area contributed by atoms with E-state index >= 15 is 0 Å². The molecule has 1 fully saturated rings. The van der Waals surface area contributed by atoms with Crippen LogP contribution >= 0.6 is 0 Å². The van der Waals surface area contributed by atoms with Gasteiger partial charge in [0.25, 0.3) is 5.91 Å². The molecule has 0 atom stereocenters. The Kier molecular flexibility index (Phi) is 7.10. The van der Waals surface area contributed by atoms with Gasteiger partial charge in [-0.25, -0.2) is 18.1 Å². The standard InChI is InChI=1S/C28H30N4O4S/c1-3-37(34,35)30-23-13-15-32(16-14-23)18-20-9-11-22(12-10-20)27-24(21-7-5-4-6-8-21)17-25-28(29-27)36-19-26(33)31(25)2/h3-12,17,23,30H,1,13-16,18-19H2,2H3. The third-order valence-electron chi connectivity index (χ3n) is 6.89. The molecule has 1 saturated heterocycles. The molecule has 2 aliphatic rings. The highest BCUT2D eigenvalue weighted by Gasteiger charge is 2.26. The van der Waals surface area contributed by atoms with Gasteiger partial charge in [0.05, 0.1) is 5.69 Å². The second kappa shape index (κ2) is 10.5. The molecule has 0 unspecified atom stereocenters. The van der Waals surface area contributed by atoms with Gasteiger partial charge in [0.2, 0.25) is 15.9 Å². The van der Waals surface area contributed by atoms with E-state index in [1.165, 1.54) is 5.56 Å². The number of benzene rings is 2. The molecule has 0 aliphatic carbocycles. The van der Waals surface area contributed by atoms with Gasteiger partial charge in [-0.05, 0) is 30.0 Å². The number of hydrogen-bond acceptors (Lipinski definition) is 6. The summed E-state index contributed by atoms with van der Waals surface area (Å²) in [5.41, 5.74) is 5.55. The molecular formula is C28H30N4O4S. The van der Waals surface area contributed by atoms with Crippen molar-refractivity contribution in [2.75, 3.05) is 31.6 Å². The zero-order chi connectivity index (χ0) is 26.0. The highest BCUT2D eigenvalue weighted by molar-refractivity contribution is 7.92. The van der Waals surface area contributed by atoms with Gasteiger partial charge in [-0.15, -0.1) is 0 Å². The summed E-state index contributed by atoms with van der Waals surface area (Å²) in [4.78, 5) is 21.0. The minimum Gasteiger partial charge on any atom is -0.466 e. The number of piperidine rings is 1. The number of likely N-dealkylation sites (N-methyl/N-ethyl adjacent to an activating group) is 1. The third-order valence-corrected chi connectivity index (χ3v) is 7.99. The van der Waals surface area contributed by atoms with Crippen molar-refractivity contribution in [1.82, 2.24) is 14.6 Å². The number of nitrogens with zero attached hydrogens (tertiary/aromatic N) is 3.